The first-order chi connectivity index (χ1) is 10.6. The topological polar surface area (TPSA) is 86.0 Å². The van der Waals surface area contributed by atoms with Crippen LogP contribution in [0.4, 0.5) is 11.5 Å². The van der Waals surface area contributed by atoms with Crippen LogP contribution < -0.4 is 15.8 Å². The Hall–Kier alpha value is -2.37. The van der Waals surface area contributed by atoms with Crippen LogP contribution in [0.15, 0.2) is 24.5 Å². The van der Waals surface area contributed by atoms with Crippen LogP contribution in [0.25, 0.3) is 0 Å². The van der Waals surface area contributed by atoms with Gasteiger partial charge in [-0.25, -0.2) is 4.98 Å². The molecule has 2 heterocycles. The highest BCUT2D eigenvalue weighted by Gasteiger charge is 2.13. The summed E-state index contributed by atoms with van der Waals surface area (Å²) in [5, 5.41) is 3.25. The smallest absolute Gasteiger partial charge is 0.242 e. The Morgan fingerprint density at radius 3 is 2.59 bits per heavy atom. The molecule has 0 saturated heterocycles. The molecule has 2 aromatic rings. The molecule has 0 unspecified atom stereocenters. The predicted octanol–water partition coefficient (Wildman–Crippen LogP) is 2.66. The third-order valence-electron chi connectivity index (χ3n) is 3.04. The third-order valence-corrected chi connectivity index (χ3v) is 3.04. The Bertz CT molecular complexity index is 601. The van der Waals surface area contributed by atoms with E-state index in [9.17, 15) is 0 Å². The van der Waals surface area contributed by atoms with Crippen molar-refractivity contribution in [3.05, 3.63) is 35.9 Å². The lowest BCUT2D eigenvalue weighted by Gasteiger charge is -2.15. The molecular weight excluding hydrogens is 278 g/mol. The highest BCUT2D eigenvalue weighted by Crippen LogP contribution is 2.27. The zero-order valence-corrected chi connectivity index (χ0v) is 13.3. The van der Waals surface area contributed by atoms with Gasteiger partial charge in [0.05, 0.1) is 6.61 Å². The van der Waals surface area contributed by atoms with Crippen molar-refractivity contribution in [1.82, 2.24) is 15.0 Å². The minimum Gasteiger partial charge on any atom is -0.476 e. The lowest BCUT2D eigenvalue weighted by molar-refractivity contribution is 0.262. The van der Waals surface area contributed by atoms with Crippen molar-refractivity contribution in [2.75, 3.05) is 17.7 Å². The molecule has 0 aliphatic rings. The van der Waals surface area contributed by atoms with Gasteiger partial charge >= 0.3 is 0 Å². The first kappa shape index (κ1) is 16.0. The second-order valence-corrected chi connectivity index (χ2v) is 5.47. The van der Waals surface area contributed by atoms with Crippen molar-refractivity contribution >= 4 is 11.5 Å². The van der Waals surface area contributed by atoms with Gasteiger partial charge in [0.1, 0.15) is 11.5 Å². The fraction of sp³-hybridized carbons (Fsp3) is 0.438. The Balaban J connectivity index is 2.16. The van der Waals surface area contributed by atoms with Crippen LogP contribution in [0.5, 0.6) is 5.88 Å². The van der Waals surface area contributed by atoms with E-state index in [0.29, 0.717) is 42.3 Å². The Labute approximate surface area is 131 Å². The van der Waals surface area contributed by atoms with Crippen LogP contribution in [0.3, 0.4) is 0 Å². The molecule has 0 bridgehead atoms. The molecule has 2 aromatic heterocycles. The Morgan fingerprint density at radius 1 is 1.23 bits per heavy atom. The average Bonchev–Trinajstić information content (AvgIpc) is 2.53. The van der Waals surface area contributed by atoms with Gasteiger partial charge in [-0.2, -0.15) is 4.98 Å². The maximum absolute atomic E-state index is 6.13. The maximum atomic E-state index is 6.13. The summed E-state index contributed by atoms with van der Waals surface area (Å²) in [6.07, 6.45) is 4.24. The molecule has 118 valence electrons. The number of aryl methyl sites for hydroxylation is 1. The van der Waals surface area contributed by atoms with Gasteiger partial charge in [-0.15, -0.1) is 0 Å². The summed E-state index contributed by atoms with van der Waals surface area (Å²) in [5.41, 5.74) is 7.69. The van der Waals surface area contributed by atoms with Gasteiger partial charge < -0.3 is 15.8 Å². The van der Waals surface area contributed by atoms with Gasteiger partial charge in [-0.3, -0.25) is 4.98 Å². The molecule has 0 atom stereocenters. The van der Waals surface area contributed by atoms with E-state index in [1.54, 1.807) is 12.4 Å². The first-order valence-corrected chi connectivity index (χ1v) is 7.52. The molecule has 0 aliphatic carbocycles. The van der Waals surface area contributed by atoms with Crippen molar-refractivity contribution in [2.24, 2.45) is 5.92 Å². The minimum absolute atomic E-state index is 0.410. The highest BCUT2D eigenvalue weighted by molar-refractivity contribution is 5.67. The summed E-state index contributed by atoms with van der Waals surface area (Å²) in [4.78, 5) is 12.8. The number of nitrogens with two attached hydrogens (primary N) is 1. The van der Waals surface area contributed by atoms with Crippen molar-refractivity contribution < 1.29 is 4.74 Å². The predicted molar refractivity (Wildman–Crippen MR) is 87.7 cm³/mol. The zero-order chi connectivity index (χ0) is 15.9. The van der Waals surface area contributed by atoms with Crippen LogP contribution in [0.1, 0.15) is 32.2 Å². The van der Waals surface area contributed by atoms with Gasteiger partial charge in [-0.05, 0) is 23.6 Å². The molecule has 3 N–H and O–H groups in total. The highest BCUT2D eigenvalue weighted by atomic mass is 16.5. The SMILES string of the molecule is CCc1nc(NCc2ccncc2)c(N)c(OCC(C)C)n1. The molecule has 0 radical (unpaired) electrons. The molecule has 22 heavy (non-hydrogen) atoms. The fourth-order valence-corrected chi connectivity index (χ4v) is 1.83. The van der Waals surface area contributed by atoms with Gasteiger partial charge in [0, 0.05) is 25.4 Å². The zero-order valence-electron chi connectivity index (χ0n) is 13.3. The van der Waals surface area contributed by atoms with E-state index >= 15 is 0 Å². The van der Waals surface area contributed by atoms with E-state index in [0.717, 1.165) is 12.0 Å². The summed E-state index contributed by atoms with van der Waals surface area (Å²) < 4.78 is 5.71. The number of hydrogen-bond acceptors (Lipinski definition) is 6. The van der Waals surface area contributed by atoms with Crippen molar-refractivity contribution in [2.45, 2.75) is 33.7 Å². The van der Waals surface area contributed by atoms with Crippen molar-refractivity contribution in [1.29, 1.82) is 0 Å². The molecule has 6 heteroatoms. The number of anilines is 2. The number of aromatic nitrogens is 3. The van der Waals surface area contributed by atoms with Gasteiger partial charge in [0.25, 0.3) is 0 Å². The minimum atomic E-state index is 0.410. The number of pyridine rings is 1. The van der Waals surface area contributed by atoms with Crippen molar-refractivity contribution in [3.8, 4) is 5.88 Å². The summed E-state index contributed by atoms with van der Waals surface area (Å²) >= 11 is 0. The Morgan fingerprint density at radius 2 is 1.95 bits per heavy atom. The summed E-state index contributed by atoms with van der Waals surface area (Å²) in [5.74, 6) is 2.19. The lowest BCUT2D eigenvalue weighted by Crippen LogP contribution is -2.13. The van der Waals surface area contributed by atoms with Gasteiger partial charge in [-0.1, -0.05) is 20.8 Å². The molecule has 2 rings (SSSR count). The molecule has 6 nitrogen and oxygen atoms in total. The van der Waals surface area contributed by atoms with Crippen LogP contribution in [0.2, 0.25) is 0 Å². The van der Waals surface area contributed by atoms with E-state index in [-0.39, 0.29) is 0 Å². The number of ether oxygens (including phenoxy) is 1. The summed E-state index contributed by atoms with van der Waals surface area (Å²) in [6, 6.07) is 3.89. The number of rotatable bonds is 7. The van der Waals surface area contributed by atoms with Crippen LogP contribution in [0, 0.1) is 5.92 Å². The normalized spacial score (nSPS) is 10.7. The average molecular weight is 301 g/mol. The van der Waals surface area contributed by atoms with Crippen molar-refractivity contribution in [3.63, 3.8) is 0 Å². The third kappa shape index (κ3) is 4.31. The maximum Gasteiger partial charge on any atom is 0.242 e. The Kier molecular flexibility index (Phi) is 5.52. The van der Waals surface area contributed by atoms with Crippen LogP contribution in [-0.2, 0) is 13.0 Å². The van der Waals surface area contributed by atoms with Gasteiger partial charge in [0.2, 0.25) is 5.88 Å². The quantitative estimate of drug-likeness (QED) is 0.817. The molecule has 0 aliphatic heterocycles. The van der Waals surface area contributed by atoms with Gasteiger partial charge in [0.15, 0.2) is 5.82 Å². The first-order valence-electron chi connectivity index (χ1n) is 7.52. The molecule has 0 amide bonds. The fourth-order valence-electron chi connectivity index (χ4n) is 1.83. The standard InChI is InChI=1S/C16H23N5O/c1-4-13-20-15(19-9-12-5-7-18-8-6-12)14(17)16(21-13)22-10-11(2)3/h5-8,11H,4,9-10,17H2,1-3H3,(H,19,20,21). The van der Waals surface area contributed by atoms with E-state index < -0.39 is 0 Å². The van der Waals surface area contributed by atoms with Crippen LogP contribution in [-0.4, -0.2) is 21.6 Å². The van der Waals surface area contributed by atoms with E-state index in [1.807, 2.05) is 19.1 Å². The molecule has 0 saturated carbocycles. The lowest BCUT2D eigenvalue weighted by atomic mass is 10.2. The number of hydrogen-bond donors (Lipinski definition) is 2. The summed E-state index contributed by atoms with van der Waals surface area (Å²) in [7, 11) is 0. The molecule has 0 aromatic carbocycles. The van der Waals surface area contributed by atoms with Crippen LogP contribution >= 0.6 is 0 Å². The van der Waals surface area contributed by atoms with E-state index in [2.05, 4.69) is 34.1 Å². The number of nitrogen functional groups attached to an aromatic ring is 1. The second kappa shape index (κ2) is 7.59. The largest absolute Gasteiger partial charge is 0.476 e. The molecular formula is C16H23N5O. The monoisotopic (exact) mass is 301 g/mol. The second-order valence-electron chi connectivity index (χ2n) is 5.47. The van der Waals surface area contributed by atoms with E-state index in [4.69, 9.17) is 10.5 Å². The number of nitrogens with zero attached hydrogens (tertiary/aromatic N) is 3. The molecule has 0 spiro atoms. The molecule has 0 fully saturated rings. The van der Waals surface area contributed by atoms with E-state index in [1.165, 1.54) is 0 Å². The number of nitrogens with one attached hydrogen (secondary N) is 1. The summed E-state index contributed by atoms with van der Waals surface area (Å²) in [6.45, 7) is 7.37.